The van der Waals surface area contributed by atoms with Gasteiger partial charge in [0, 0.05) is 18.9 Å². The fraction of sp³-hybridized carbons (Fsp3) is 0.600. The number of nitrogen functional groups attached to an aromatic ring is 1. The SMILES string of the molecule is Cc1nn(C)c(SC(C)CCO)c1C(=N)N. The molecule has 0 radical (unpaired) electrons. The number of aliphatic hydroxyl groups excluding tert-OH is 1. The Morgan fingerprint density at radius 3 is 2.81 bits per heavy atom. The van der Waals surface area contributed by atoms with E-state index in [-0.39, 0.29) is 17.7 Å². The lowest BCUT2D eigenvalue weighted by atomic mass is 10.2. The van der Waals surface area contributed by atoms with Crippen LogP contribution < -0.4 is 5.73 Å². The summed E-state index contributed by atoms with van der Waals surface area (Å²) in [5.41, 5.74) is 7.02. The highest BCUT2D eigenvalue weighted by molar-refractivity contribution is 7.99. The molecular formula is C10H18N4OS. The average molecular weight is 242 g/mol. The van der Waals surface area contributed by atoms with Gasteiger partial charge in [-0.3, -0.25) is 10.1 Å². The Morgan fingerprint density at radius 2 is 2.31 bits per heavy atom. The van der Waals surface area contributed by atoms with Crippen LogP contribution in [0.2, 0.25) is 0 Å². The number of nitrogens with one attached hydrogen (secondary N) is 1. The summed E-state index contributed by atoms with van der Waals surface area (Å²) in [6, 6.07) is 0. The minimum Gasteiger partial charge on any atom is -0.396 e. The van der Waals surface area contributed by atoms with E-state index < -0.39 is 0 Å². The first kappa shape index (κ1) is 13.1. The summed E-state index contributed by atoms with van der Waals surface area (Å²) in [5, 5.41) is 21.8. The van der Waals surface area contributed by atoms with Gasteiger partial charge in [0.1, 0.15) is 10.9 Å². The Bertz CT molecular complexity index is 388. The number of aromatic nitrogens is 2. The van der Waals surface area contributed by atoms with Gasteiger partial charge in [0.05, 0.1) is 11.3 Å². The highest BCUT2D eigenvalue weighted by Crippen LogP contribution is 2.29. The van der Waals surface area contributed by atoms with Crippen molar-refractivity contribution in [3.63, 3.8) is 0 Å². The van der Waals surface area contributed by atoms with E-state index in [1.165, 1.54) is 0 Å². The summed E-state index contributed by atoms with van der Waals surface area (Å²) in [6.07, 6.45) is 0.715. The van der Waals surface area contributed by atoms with Crippen LogP contribution in [-0.4, -0.2) is 32.6 Å². The van der Waals surface area contributed by atoms with E-state index in [9.17, 15) is 0 Å². The first-order valence-corrected chi connectivity index (χ1v) is 6.00. The number of hydrogen-bond donors (Lipinski definition) is 3. The van der Waals surface area contributed by atoms with Gasteiger partial charge >= 0.3 is 0 Å². The average Bonchev–Trinajstić information content (AvgIpc) is 2.41. The fourth-order valence-corrected chi connectivity index (χ4v) is 2.69. The molecule has 1 unspecified atom stereocenters. The third kappa shape index (κ3) is 2.76. The highest BCUT2D eigenvalue weighted by Gasteiger charge is 2.18. The number of aryl methyl sites for hydroxylation is 2. The molecule has 16 heavy (non-hydrogen) atoms. The van der Waals surface area contributed by atoms with Crippen LogP contribution >= 0.6 is 11.8 Å². The summed E-state index contributed by atoms with van der Waals surface area (Å²) in [5.74, 6) is 0.0456. The van der Waals surface area contributed by atoms with Gasteiger partial charge in [0.15, 0.2) is 0 Å². The fourth-order valence-electron chi connectivity index (χ4n) is 1.51. The van der Waals surface area contributed by atoms with E-state index in [4.69, 9.17) is 16.2 Å². The number of amidine groups is 1. The predicted molar refractivity (Wildman–Crippen MR) is 66.0 cm³/mol. The Labute approximate surface area is 99.5 Å². The minimum atomic E-state index is 0.0456. The number of hydrogen-bond acceptors (Lipinski definition) is 4. The van der Waals surface area contributed by atoms with Crippen molar-refractivity contribution in [2.24, 2.45) is 12.8 Å². The summed E-state index contributed by atoms with van der Waals surface area (Å²) < 4.78 is 1.74. The topological polar surface area (TPSA) is 87.9 Å². The van der Waals surface area contributed by atoms with Crippen molar-refractivity contribution in [3.8, 4) is 0 Å². The molecule has 0 bridgehead atoms. The van der Waals surface area contributed by atoms with Crippen LogP contribution in [0, 0.1) is 12.3 Å². The maximum atomic E-state index is 8.86. The molecule has 0 aliphatic rings. The van der Waals surface area contributed by atoms with Crippen molar-refractivity contribution in [2.75, 3.05) is 6.61 Å². The summed E-state index contributed by atoms with van der Waals surface area (Å²) in [4.78, 5) is 0. The Morgan fingerprint density at radius 1 is 1.69 bits per heavy atom. The Hall–Kier alpha value is -1.01. The van der Waals surface area contributed by atoms with Gasteiger partial charge in [-0.2, -0.15) is 5.10 Å². The number of nitrogens with zero attached hydrogens (tertiary/aromatic N) is 2. The van der Waals surface area contributed by atoms with Gasteiger partial charge in [-0.25, -0.2) is 0 Å². The van der Waals surface area contributed by atoms with E-state index in [2.05, 4.69) is 5.10 Å². The monoisotopic (exact) mass is 242 g/mol. The molecule has 0 saturated carbocycles. The molecule has 0 aromatic carbocycles. The molecule has 0 spiro atoms. The molecule has 0 fully saturated rings. The second-order valence-corrected chi connectivity index (χ2v) is 5.17. The molecule has 0 amide bonds. The van der Waals surface area contributed by atoms with Crippen molar-refractivity contribution in [3.05, 3.63) is 11.3 Å². The maximum Gasteiger partial charge on any atom is 0.127 e. The number of thioether (sulfide) groups is 1. The zero-order valence-corrected chi connectivity index (χ0v) is 10.6. The highest BCUT2D eigenvalue weighted by atomic mass is 32.2. The van der Waals surface area contributed by atoms with Crippen molar-refractivity contribution >= 4 is 17.6 Å². The van der Waals surface area contributed by atoms with Gasteiger partial charge in [0.25, 0.3) is 0 Å². The molecule has 1 heterocycles. The normalized spacial score (nSPS) is 12.8. The first-order chi connectivity index (χ1) is 7.47. The molecule has 1 aromatic heterocycles. The van der Waals surface area contributed by atoms with E-state index in [0.29, 0.717) is 12.0 Å². The predicted octanol–water partition coefficient (Wildman–Crippen LogP) is 0.876. The van der Waals surface area contributed by atoms with E-state index in [1.807, 2.05) is 20.9 Å². The lowest BCUT2D eigenvalue weighted by Gasteiger charge is -2.11. The number of rotatable bonds is 5. The molecule has 0 aliphatic carbocycles. The van der Waals surface area contributed by atoms with Gasteiger partial charge in [-0.05, 0) is 13.3 Å². The lowest BCUT2D eigenvalue weighted by Crippen LogP contribution is -2.14. The quantitative estimate of drug-likeness (QED) is 0.406. The summed E-state index contributed by atoms with van der Waals surface area (Å²) in [6.45, 7) is 4.05. The van der Waals surface area contributed by atoms with Crippen LogP contribution in [0.1, 0.15) is 24.6 Å². The van der Waals surface area contributed by atoms with Gasteiger partial charge < -0.3 is 10.8 Å². The van der Waals surface area contributed by atoms with Crippen molar-refractivity contribution < 1.29 is 5.11 Å². The Balaban J connectivity index is 2.98. The molecular weight excluding hydrogens is 224 g/mol. The third-order valence-corrected chi connectivity index (χ3v) is 3.62. The number of nitrogens with two attached hydrogens (primary N) is 1. The molecule has 1 atom stereocenters. The third-order valence-electron chi connectivity index (χ3n) is 2.29. The van der Waals surface area contributed by atoms with Crippen LogP contribution in [0.25, 0.3) is 0 Å². The van der Waals surface area contributed by atoms with E-state index in [1.54, 1.807) is 16.4 Å². The molecule has 1 rings (SSSR count). The molecule has 4 N–H and O–H groups in total. The minimum absolute atomic E-state index is 0.0456. The molecule has 90 valence electrons. The van der Waals surface area contributed by atoms with Gasteiger partial charge in [-0.1, -0.05) is 6.92 Å². The summed E-state index contributed by atoms with van der Waals surface area (Å²) >= 11 is 1.59. The van der Waals surface area contributed by atoms with Crippen molar-refractivity contribution in [1.29, 1.82) is 5.41 Å². The molecule has 1 aromatic rings. The molecule has 5 nitrogen and oxygen atoms in total. The number of aliphatic hydroxyl groups is 1. The second-order valence-electron chi connectivity index (χ2n) is 3.74. The van der Waals surface area contributed by atoms with Crippen LogP contribution in [-0.2, 0) is 7.05 Å². The molecule has 6 heteroatoms. The zero-order valence-electron chi connectivity index (χ0n) is 9.82. The van der Waals surface area contributed by atoms with E-state index >= 15 is 0 Å². The van der Waals surface area contributed by atoms with Crippen LogP contribution in [0.4, 0.5) is 0 Å². The second kappa shape index (κ2) is 5.36. The van der Waals surface area contributed by atoms with E-state index in [0.717, 1.165) is 10.7 Å². The summed E-state index contributed by atoms with van der Waals surface area (Å²) in [7, 11) is 1.84. The smallest absolute Gasteiger partial charge is 0.127 e. The zero-order chi connectivity index (χ0) is 12.3. The standard InChI is InChI=1S/C10H18N4OS/c1-6(4-5-15)16-10-8(9(11)12)7(2)13-14(10)3/h6,15H,4-5H2,1-3H3,(H3,11,12). The van der Waals surface area contributed by atoms with Crippen LogP contribution in [0.5, 0.6) is 0 Å². The molecule has 0 aliphatic heterocycles. The largest absolute Gasteiger partial charge is 0.396 e. The van der Waals surface area contributed by atoms with Crippen LogP contribution in [0.15, 0.2) is 5.03 Å². The maximum absolute atomic E-state index is 8.86. The van der Waals surface area contributed by atoms with Gasteiger partial charge in [-0.15, -0.1) is 11.8 Å². The van der Waals surface area contributed by atoms with Crippen molar-refractivity contribution in [2.45, 2.75) is 30.5 Å². The first-order valence-electron chi connectivity index (χ1n) is 5.12. The molecule has 0 saturated heterocycles. The van der Waals surface area contributed by atoms with Gasteiger partial charge in [0.2, 0.25) is 0 Å². The Kier molecular flexibility index (Phi) is 4.37. The van der Waals surface area contributed by atoms with Crippen LogP contribution in [0.3, 0.4) is 0 Å². The lowest BCUT2D eigenvalue weighted by molar-refractivity contribution is 0.289. The van der Waals surface area contributed by atoms with Crippen molar-refractivity contribution in [1.82, 2.24) is 9.78 Å².